The van der Waals surface area contributed by atoms with E-state index in [1.165, 1.54) is 6.07 Å². The maximum Gasteiger partial charge on any atom is 0.490 e. The molecule has 3 heterocycles. The van der Waals surface area contributed by atoms with Crippen molar-refractivity contribution >= 4 is 17.8 Å². The van der Waals surface area contributed by atoms with Gasteiger partial charge in [-0.3, -0.25) is 14.7 Å². The van der Waals surface area contributed by atoms with E-state index in [0.29, 0.717) is 19.5 Å². The maximum atomic E-state index is 13.4. The zero-order valence-electron chi connectivity index (χ0n) is 19.4. The van der Waals surface area contributed by atoms with Gasteiger partial charge in [0, 0.05) is 50.5 Å². The van der Waals surface area contributed by atoms with E-state index in [9.17, 15) is 35.5 Å². The molecule has 0 aliphatic carbocycles. The lowest BCUT2D eigenvalue weighted by Gasteiger charge is -2.25. The second-order valence-corrected chi connectivity index (χ2v) is 8.22. The lowest BCUT2D eigenvalue weighted by atomic mass is 10.1. The molecule has 2 aliphatic heterocycles. The Kier molecular flexibility index (Phi) is 10.2. The third-order valence-electron chi connectivity index (χ3n) is 5.57. The van der Waals surface area contributed by atoms with Gasteiger partial charge in [0.1, 0.15) is 5.82 Å². The summed E-state index contributed by atoms with van der Waals surface area (Å²) >= 11 is 0. The van der Waals surface area contributed by atoms with Crippen LogP contribution >= 0.6 is 0 Å². The standard InChI is InChI=1S/C19H20FN3O.2C2HF3O2/c20-16-5-1-3-14(9-16)12-22-8-6-17-18(22)10-19(24)23(17)13-15-4-2-7-21-11-15;2*3-2(4,5)1(6)7/h1-5,7,9,11,17-18H,6,8,10,12-13H2;2*(H,6,7)/t17-,18+;;/m0../s1. The first-order valence-electron chi connectivity index (χ1n) is 10.9. The molecule has 0 spiro atoms. The molecular weight excluding hydrogens is 531 g/mol. The summed E-state index contributed by atoms with van der Waals surface area (Å²) in [5, 5.41) is 14.2. The Morgan fingerprint density at radius 2 is 1.50 bits per heavy atom. The number of carboxylic acids is 2. The van der Waals surface area contributed by atoms with Crippen molar-refractivity contribution in [2.45, 2.75) is 50.4 Å². The van der Waals surface area contributed by atoms with Crippen molar-refractivity contribution in [2.75, 3.05) is 6.54 Å². The Labute approximate surface area is 211 Å². The van der Waals surface area contributed by atoms with Crippen molar-refractivity contribution in [1.82, 2.24) is 14.8 Å². The van der Waals surface area contributed by atoms with E-state index in [1.54, 1.807) is 18.3 Å². The van der Waals surface area contributed by atoms with Crippen LogP contribution in [0.2, 0.25) is 0 Å². The van der Waals surface area contributed by atoms with E-state index in [-0.39, 0.29) is 23.8 Å². The van der Waals surface area contributed by atoms with Gasteiger partial charge in [-0.1, -0.05) is 18.2 Å². The van der Waals surface area contributed by atoms with E-state index >= 15 is 0 Å². The van der Waals surface area contributed by atoms with Gasteiger partial charge in [-0.15, -0.1) is 0 Å². The van der Waals surface area contributed by atoms with E-state index in [2.05, 4.69) is 9.88 Å². The molecular formula is C23H22F7N3O5. The highest BCUT2D eigenvalue weighted by Crippen LogP contribution is 2.34. The number of nitrogens with zero attached hydrogens (tertiary/aromatic N) is 3. The number of alkyl halides is 6. The van der Waals surface area contributed by atoms with Crippen molar-refractivity contribution in [2.24, 2.45) is 0 Å². The van der Waals surface area contributed by atoms with Crippen LogP contribution in [0.1, 0.15) is 24.0 Å². The molecule has 1 amide bonds. The van der Waals surface area contributed by atoms with Crippen molar-refractivity contribution in [3.63, 3.8) is 0 Å². The number of benzene rings is 1. The summed E-state index contributed by atoms with van der Waals surface area (Å²) in [4.78, 5) is 38.7. The Morgan fingerprint density at radius 1 is 0.921 bits per heavy atom. The van der Waals surface area contributed by atoms with Crippen molar-refractivity contribution in [3.05, 3.63) is 65.7 Å². The summed E-state index contributed by atoms with van der Waals surface area (Å²) in [6.07, 6.45) is -5.07. The maximum absolute atomic E-state index is 13.4. The predicted octanol–water partition coefficient (Wildman–Crippen LogP) is 3.86. The van der Waals surface area contributed by atoms with Crippen molar-refractivity contribution < 1.29 is 55.3 Å². The SMILES string of the molecule is O=C(O)C(F)(F)F.O=C(O)C(F)(F)F.O=C1C[C@@H]2[C@H](CCN2Cc2cccc(F)c2)N1Cc1cccnc1. The molecule has 208 valence electrons. The minimum atomic E-state index is -5.08. The summed E-state index contributed by atoms with van der Waals surface area (Å²) in [5.41, 5.74) is 2.03. The highest BCUT2D eigenvalue weighted by molar-refractivity contribution is 5.80. The van der Waals surface area contributed by atoms with Gasteiger partial charge in [-0.05, 0) is 35.7 Å². The first-order valence-corrected chi connectivity index (χ1v) is 10.9. The summed E-state index contributed by atoms with van der Waals surface area (Å²) in [5.74, 6) is -5.51. The predicted molar refractivity (Wildman–Crippen MR) is 116 cm³/mol. The van der Waals surface area contributed by atoms with Gasteiger partial charge in [-0.2, -0.15) is 26.3 Å². The average Bonchev–Trinajstić information content (AvgIpc) is 3.33. The van der Waals surface area contributed by atoms with E-state index in [1.807, 2.05) is 29.3 Å². The van der Waals surface area contributed by atoms with Crippen LogP contribution in [0.25, 0.3) is 0 Å². The highest BCUT2D eigenvalue weighted by atomic mass is 19.4. The number of pyridine rings is 1. The van der Waals surface area contributed by atoms with Gasteiger partial charge in [0.2, 0.25) is 5.91 Å². The van der Waals surface area contributed by atoms with Gasteiger partial charge in [0.25, 0.3) is 0 Å². The van der Waals surface area contributed by atoms with Gasteiger partial charge < -0.3 is 15.1 Å². The molecule has 4 rings (SSSR count). The van der Waals surface area contributed by atoms with Crippen LogP contribution in [0, 0.1) is 5.82 Å². The lowest BCUT2D eigenvalue weighted by Crippen LogP contribution is -2.36. The van der Waals surface area contributed by atoms with Crippen LogP contribution in [-0.4, -0.2) is 73.8 Å². The third kappa shape index (κ3) is 8.97. The molecule has 1 aromatic carbocycles. The topological polar surface area (TPSA) is 111 Å². The zero-order valence-corrected chi connectivity index (χ0v) is 19.4. The number of carbonyl (C=O) groups excluding carboxylic acids is 1. The number of likely N-dealkylation sites (tertiary alicyclic amines) is 2. The number of aliphatic carboxylic acids is 2. The van der Waals surface area contributed by atoms with E-state index in [0.717, 1.165) is 24.1 Å². The lowest BCUT2D eigenvalue weighted by molar-refractivity contribution is -0.193. The van der Waals surface area contributed by atoms with Crippen LogP contribution in [0.5, 0.6) is 0 Å². The normalized spacial score (nSPS) is 19.1. The minimum Gasteiger partial charge on any atom is -0.475 e. The molecule has 0 radical (unpaired) electrons. The number of aromatic nitrogens is 1. The molecule has 2 N–H and O–H groups in total. The van der Waals surface area contributed by atoms with Gasteiger partial charge in [-0.25, -0.2) is 14.0 Å². The van der Waals surface area contributed by atoms with Crippen LogP contribution in [0.3, 0.4) is 0 Å². The monoisotopic (exact) mass is 553 g/mol. The Morgan fingerprint density at radius 3 is 2.00 bits per heavy atom. The largest absolute Gasteiger partial charge is 0.490 e. The molecule has 2 fully saturated rings. The van der Waals surface area contributed by atoms with Gasteiger partial charge in [0.05, 0.1) is 0 Å². The average molecular weight is 553 g/mol. The Balaban J connectivity index is 0.000000301. The van der Waals surface area contributed by atoms with E-state index < -0.39 is 24.3 Å². The molecule has 38 heavy (non-hydrogen) atoms. The molecule has 2 atom stereocenters. The second kappa shape index (κ2) is 12.7. The quantitative estimate of drug-likeness (QED) is 0.554. The molecule has 0 saturated carbocycles. The molecule has 1 aromatic heterocycles. The number of carbonyl (C=O) groups is 3. The smallest absolute Gasteiger partial charge is 0.475 e. The first-order chi connectivity index (χ1) is 17.6. The highest BCUT2D eigenvalue weighted by Gasteiger charge is 2.46. The Hall–Kier alpha value is -3.75. The Bertz CT molecular complexity index is 1090. The van der Waals surface area contributed by atoms with Crippen molar-refractivity contribution in [3.8, 4) is 0 Å². The molecule has 2 aromatic rings. The summed E-state index contributed by atoms with van der Waals surface area (Å²) < 4.78 is 76.9. The van der Waals surface area contributed by atoms with Crippen molar-refractivity contribution in [1.29, 1.82) is 0 Å². The van der Waals surface area contributed by atoms with Gasteiger partial charge in [0.15, 0.2) is 0 Å². The van der Waals surface area contributed by atoms with Crippen LogP contribution in [0.4, 0.5) is 30.7 Å². The number of halogens is 7. The number of carboxylic acid groups (broad SMARTS) is 2. The van der Waals surface area contributed by atoms with Crippen LogP contribution in [-0.2, 0) is 27.5 Å². The van der Waals surface area contributed by atoms with E-state index in [4.69, 9.17) is 19.8 Å². The second-order valence-electron chi connectivity index (χ2n) is 8.22. The summed E-state index contributed by atoms with van der Waals surface area (Å²) in [7, 11) is 0. The summed E-state index contributed by atoms with van der Waals surface area (Å²) in [6, 6.07) is 11.1. The van der Waals surface area contributed by atoms with Crippen LogP contribution in [0.15, 0.2) is 48.8 Å². The molecule has 2 saturated heterocycles. The fourth-order valence-corrected chi connectivity index (χ4v) is 3.97. The molecule has 2 aliphatic rings. The number of amides is 1. The summed E-state index contributed by atoms with van der Waals surface area (Å²) in [6.45, 7) is 2.28. The zero-order chi connectivity index (χ0) is 28.7. The molecule has 0 unspecified atom stereocenters. The number of fused-ring (bicyclic) bond motifs is 1. The van der Waals surface area contributed by atoms with Crippen LogP contribution < -0.4 is 0 Å². The number of hydrogen-bond donors (Lipinski definition) is 2. The number of hydrogen-bond acceptors (Lipinski definition) is 5. The fraction of sp³-hybridized carbons (Fsp3) is 0.391. The minimum absolute atomic E-state index is 0.205. The molecule has 8 nitrogen and oxygen atoms in total. The fourth-order valence-electron chi connectivity index (χ4n) is 3.97. The van der Waals surface area contributed by atoms with Gasteiger partial charge >= 0.3 is 24.3 Å². The third-order valence-corrected chi connectivity index (χ3v) is 5.57. The number of rotatable bonds is 4. The first kappa shape index (κ1) is 30.5. The molecule has 15 heteroatoms. The molecule has 0 bridgehead atoms.